The van der Waals surface area contributed by atoms with Gasteiger partial charge in [-0.05, 0) is 80.8 Å². The van der Waals surface area contributed by atoms with E-state index in [1.54, 1.807) is 24.4 Å². The lowest BCUT2D eigenvalue weighted by molar-refractivity contribution is -0.118. The molecule has 3 aromatic rings. The van der Waals surface area contributed by atoms with Crippen molar-refractivity contribution in [1.29, 1.82) is 0 Å². The van der Waals surface area contributed by atoms with Crippen LogP contribution in [-0.2, 0) is 4.79 Å². The lowest BCUT2D eigenvalue weighted by atomic mass is 10.1. The summed E-state index contributed by atoms with van der Waals surface area (Å²) in [6.07, 6.45) is 1.79. The first kappa shape index (κ1) is 23.4. The zero-order valence-corrected chi connectivity index (χ0v) is 19.5. The minimum atomic E-state index is -0.284. The molecule has 6 heteroatoms. The summed E-state index contributed by atoms with van der Waals surface area (Å²) in [6.45, 7) is 8.22. The van der Waals surface area contributed by atoms with Crippen LogP contribution in [0.1, 0.15) is 29.2 Å². The van der Waals surface area contributed by atoms with Gasteiger partial charge in [0.25, 0.3) is 5.91 Å². The van der Waals surface area contributed by atoms with E-state index in [4.69, 9.17) is 21.1 Å². The van der Waals surface area contributed by atoms with Crippen LogP contribution in [0, 0.1) is 20.8 Å². The van der Waals surface area contributed by atoms with Gasteiger partial charge in [-0.1, -0.05) is 35.4 Å². The first-order valence-electron chi connectivity index (χ1n) is 10.4. The molecule has 0 radical (unpaired) electrons. The predicted octanol–water partition coefficient (Wildman–Crippen LogP) is 6.43. The van der Waals surface area contributed by atoms with Crippen molar-refractivity contribution in [2.75, 3.05) is 18.5 Å². The molecular weight excluding hydrogens is 424 g/mol. The standard InChI is InChI=1S/C26H27ClN2O3/c1-5-31-25-13-20(15-28-23-10-6-17(2)12-19(23)4)8-11-24(25)32-16-26(30)29-21-9-7-18(3)22(27)14-21/h6-15H,5,16H2,1-4H3,(H,29,30). The Labute approximate surface area is 194 Å². The molecule has 3 rings (SSSR count). The Kier molecular flexibility index (Phi) is 7.90. The number of rotatable bonds is 8. The summed E-state index contributed by atoms with van der Waals surface area (Å²) in [5.74, 6) is 0.767. The van der Waals surface area contributed by atoms with E-state index >= 15 is 0 Å². The maximum Gasteiger partial charge on any atom is 0.262 e. The topological polar surface area (TPSA) is 59.9 Å². The average molecular weight is 451 g/mol. The molecule has 0 atom stereocenters. The number of anilines is 1. The summed E-state index contributed by atoms with van der Waals surface area (Å²) < 4.78 is 11.4. The lowest BCUT2D eigenvalue weighted by Gasteiger charge is -2.13. The van der Waals surface area contributed by atoms with Crippen LogP contribution in [0.4, 0.5) is 11.4 Å². The van der Waals surface area contributed by atoms with Crippen LogP contribution in [-0.4, -0.2) is 25.3 Å². The number of benzene rings is 3. The number of hydrogen-bond acceptors (Lipinski definition) is 4. The Bertz CT molecular complexity index is 1140. The van der Waals surface area contributed by atoms with E-state index in [9.17, 15) is 4.79 Å². The number of nitrogens with zero attached hydrogens (tertiary/aromatic N) is 1. The van der Waals surface area contributed by atoms with E-state index in [0.717, 1.165) is 22.4 Å². The normalized spacial score (nSPS) is 10.9. The van der Waals surface area contributed by atoms with Gasteiger partial charge in [0.2, 0.25) is 0 Å². The van der Waals surface area contributed by atoms with Gasteiger partial charge in [0.1, 0.15) is 0 Å². The second-order valence-corrected chi connectivity index (χ2v) is 7.90. The Morgan fingerprint density at radius 1 is 0.969 bits per heavy atom. The van der Waals surface area contributed by atoms with Crippen LogP contribution < -0.4 is 14.8 Å². The van der Waals surface area contributed by atoms with Crippen molar-refractivity contribution in [1.82, 2.24) is 0 Å². The van der Waals surface area contributed by atoms with Crippen LogP contribution >= 0.6 is 11.6 Å². The van der Waals surface area contributed by atoms with Crippen LogP contribution in [0.5, 0.6) is 11.5 Å². The van der Waals surface area contributed by atoms with Gasteiger partial charge in [-0.3, -0.25) is 9.79 Å². The van der Waals surface area contributed by atoms with Crippen molar-refractivity contribution in [2.45, 2.75) is 27.7 Å². The number of amides is 1. The summed E-state index contributed by atoms with van der Waals surface area (Å²) in [5.41, 5.74) is 5.69. The third-order valence-electron chi connectivity index (χ3n) is 4.79. The molecular formula is C26H27ClN2O3. The van der Waals surface area contributed by atoms with Gasteiger partial charge >= 0.3 is 0 Å². The molecule has 0 saturated carbocycles. The maximum absolute atomic E-state index is 12.3. The molecule has 1 N–H and O–H groups in total. The van der Waals surface area contributed by atoms with Gasteiger partial charge in [-0.25, -0.2) is 0 Å². The minimum absolute atomic E-state index is 0.151. The summed E-state index contributed by atoms with van der Waals surface area (Å²) >= 11 is 6.11. The Morgan fingerprint density at radius 3 is 2.50 bits per heavy atom. The second kappa shape index (κ2) is 10.8. The Hall–Kier alpha value is -3.31. The SMILES string of the molecule is CCOc1cc(C=Nc2ccc(C)cc2C)ccc1OCC(=O)Nc1ccc(C)c(Cl)c1. The summed E-state index contributed by atoms with van der Waals surface area (Å²) in [7, 11) is 0. The zero-order chi connectivity index (χ0) is 23.1. The van der Waals surface area contributed by atoms with Gasteiger partial charge in [0.15, 0.2) is 18.1 Å². The number of halogens is 1. The number of ether oxygens (including phenoxy) is 2. The number of carbonyl (C=O) groups excluding carboxylic acids is 1. The van der Waals surface area contributed by atoms with Gasteiger partial charge in [-0.15, -0.1) is 0 Å². The van der Waals surface area contributed by atoms with E-state index in [0.29, 0.717) is 28.8 Å². The predicted molar refractivity (Wildman–Crippen MR) is 131 cm³/mol. The van der Waals surface area contributed by atoms with Gasteiger partial charge in [0, 0.05) is 16.9 Å². The molecule has 0 spiro atoms. The summed E-state index contributed by atoms with van der Waals surface area (Å²) in [5, 5.41) is 3.38. The van der Waals surface area contributed by atoms with Crippen molar-refractivity contribution in [2.24, 2.45) is 4.99 Å². The fourth-order valence-corrected chi connectivity index (χ4v) is 3.28. The molecule has 3 aromatic carbocycles. The number of carbonyl (C=O) groups is 1. The molecule has 166 valence electrons. The third kappa shape index (κ3) is 6.34. The van der Waals surface area contributed by atoms with E-state index in [-0.39, 0.29) is 12.5 Å². The molecule has 1 amide bonds. The molecule has 0 heterocycles. The number of aliphatic imine (C=N–C) groups is 1. The molecule has 0 aliphatic heterocycles. The number of hydrogen-bond donors (Lipinski definition) is 1. The van der Waals surface area contributed by atoms with Gasteiger partial charge < -0.3 is 14.8 Å². The minimum Gasteiger partial charge on any atom is -0.490 e. The summed E-state index contributed by atoms with van der Waals surface area (Å²) in [4.78, 5) is 16.9. The van der Waals surface area contributed by atoms with Gasteiger partial charge in [0.05, 0.1) is 12.3 Å². The first-order chi connectivity index (χ1) is 15.4. The van der Waals surface area contributed by atoms with E-state index < -0.39 is 0 Å². The smallest absolute Gasteiger partial charge is 0.262 e. The third-order valence-corrected chi connectivity index (χ3v) is 5.19. The van der Waals surface area contributed by atoms with Crippen molar-refractivity contribution < 1.29 is 14.3 Å². The monoisotopic (exact) mass is 450 g/mol. The second-order valence-electron chi connectivity index (χ2n) is 7.49. The average Bonchev–Trinajstić information content (AvgIpc) is 2.75. The molecule has 0 aromatic heterocycles. The van der Waals surface area contributed by atoms with Crippen molar-refractivity contribution in [3.05, 3.63) is 81.9 Å². The van der Waals surface area contributed by atoms with Crippen molar-refractivity contribution >= 4 is 35.1 Å². The summed E-state index contributed by atoms with van der Waals surface area (Å²) in [6, 6.07) is 17.0. The van der Waals surface area contributed by atoms with Crippen LogP contribution in [0.25, 0.3) is 0 Å². The van der Waals surface area contributed by atoms with Crippen LogP contribution in [0.2, 0.25) is 5.02 Å². The highest BCUT2D eigenvalue weighted by molar-refractivity contribution is 6.31. The highest BCUT2D eigenvalue weighted by Crippen LogP contribution is 2.29. The van der Waals surface area contributed by atoms with Crippen LogP contribution in [0.15, 0.2) is 59.6 Å². The molecule has 32 heavy (non-hydrogen) atoms. The highest BCUT2D eigenvalue weighted by atomic mass is 35.5. The van der Waals surface area contributed by atoms with E-state index in [1.165, 1.54) is 5.56 Å². The van der Waals surface area contributed by atoms with Crippen LogP contribution in [0.3, 0.4) is 0 Å². The highest BCUT2D eigenvalue weighted by Gasteiger charge is 2.10. The fourth-order valence-electron chi connectivity index (χ4n) is 3.10. The number of nitrogens with one attached hydrogen (secondary N) is 1. The largest absolute Gasteiger partial charge is 0.490 e. The molecule has 0 saturated heterocycles. The number of aryl methyl sites for hydroxylation is 3. The molecule has 5 nitrogen and oxygen atoms in total. The fraction of sp³-hybridized carbons (Fsp3) is 0.231. The lowest BCUT2D eigenvalue weighted by Crippen LogP contribution is -2.20. The quantitative estimate of drug-likeness (QED) is 0.402. The molecule has 0 aliphatic rings. The first-order valence-corrected chi connectivity index (χ1v) is 10.8. The molecule has 0 unspecified atom stereocenters. The van der Waals surface area contributed by atoms with E-state index in [1.807, 2.05) is 51.1 Å². The molecule has 0 bridgehead atoms. The Balaban J connectivity index is 1.67. The maximum atomic E-state index is 12.3. The molecule has 0 aliphatic carbocycles. The van der Waals surface area contributed by atoms with Crippen molar-refractivity contribution in [3.8, 4) is 11.5 Å². The zero-order valence-electron chi connectivity index (χ0n) is 18.7. The van der Waals surface area contributed by atoms with E-state index in [2.05, 4.69) is 23.3 Å². The Morgan fingerprint density at radius 2 is 1.78 bits per heavy atom. The van der Waals surface area contributed by atoms with Gasteiger partial charge in [-0.2, -0.15) is 0 Å². The van der Waals surface area contributed by atoms with Crippen molar-refractivity contribution in [3.63, 3.8) is 0 Å². The molecule has 0 fully saturated rings.